The van der Waals surface area contributed by atoms with Crippen molar-refractivity contribution in [2.75, 3.05) is 19.6 Å². The lowest BCUT2D eigenvalue weighted by molar-refractivity contribution is -0.132. The molecular formula is C11H21N3O. The van der Waals surface area contributed by atoms with Gasteiger partial charge in [0.25, 0.3) is 0 Å². The molecule has 0 aromatic rings. The first-order chi connectivity index (χ1) is 7.04. The molecular weight excluding hydrogens is 190 g/mol. The van der Waals surface area contributed by atoms with E-state index in [2.05, 4.69) is 5.32 Å². The molecule has 15 heavy (non-hydrogen) atoms. The van der Waals surface area contributed by atoms with Crippen molar-refractivity contribution in [3.8, 4) is 0 Å². The molecule has 3 N–H and O–H groups in total. The topological polar surface area (TPSA) is 58.4 Å². The molecule has 2 aliphatic rings. The lowest BCUT2D eigenvalue weighted by atomic mass is 9.87. The van der Waals surface area contributed by atoms with Crippen LogP contribution in [0, 0.1) is 5.92 Å². The number of nitrogens with zero attached hydrogens (tertiary/aromatic N) is 1. The summed E-state index contributed by atoms with van der Waals surface area (Å²) in [6.45, 7) is 6.81. The van der Waals surface area contributed by atoms with Crippen LogP contribution >= 0.6 is 0 Å². The first kappa shape index (κ1) is 10.9. The summed E-state index contributed by atoms with van der Waals surface area (Å²) in [6, 6.07) is -0.333. The van der Waals surface area contributed by atoms with Crippen molar-refractivity contribution in [2.24, 2.45) is 11.7 Å². The molecule has 1 spiro atoms. The fraction of sp³-hybridized carbons (Fsp3) is 0.909. The minimum atomic E-state index is -0.333. The molecule has 0 bridgehead atoms. The summed E-state index contributed by atoms with van der Waals surface area (Å²) in [5.74, 6) is 0.346. The van der Waals surface area contributed by atoms with Crippen molar-refractivity contribution in [1.82, 2.24) is 10.2 Å². The summed E-state index contributed by atoms with van der Waals surface area (Å²) in [5.41, 5.74) is 6.12. The minimum Gasteiger partial charge on any atom is -0.339 e. The van der Waals surface area contributed by atoms with Crippen molar-refractivity contribution < 1.29 is 4.79 Å². The molecule has 2 rings (SSSR count). The lowest BCUT2D eigenvalue weighted by Gasteiger charge is -2.40. The maximum absolute atomic E-state index is 12.0. The summed E-state index contributed by atoms with van der Waals surface area (Å²) in [5, 5.41) is 3.44. The van der Waals surface area contributed by atoms with E-state index in [0.29, 0.717) is 0 Å². The lowest BCUT2D eigenvalue weighted by Crippen LogP contribution is -2.59. The van der Waals surface area contributed by atoms with Crippen molar-refractivity contribution >= 4 is 5.91 Å². The van der Waals surface area contributed by atoms with Gasteiger partial charge in [0, 0.05) is 18.6 Å². The van der Waals surface area contributed by atoms with E-state index in [0.717, 1.165) is 26.1 Å². The Hall–Kier alpha value is -0.610. The van der Waals surface area contributed by atoms with E-state index < -0.39 is 0 Å². The molecule has 4 heteroatoms. The van der Waals surface area contributed by atoms with Gasteiger partial charge in [-0.2, -0.15) is 0 Å². The second kappa shape index (κ2) is 3.76. The standard InChI is InChI=1S/C11H21N3O/c1-8(2)9(12)10(15)14-6-4-11(7-14)3-5-13-11/h8-9,13H,3-7,12H2,1-2H3/t9-,11-/m1/s1. The number of likely N-dealkylation sites (tertiary alicyclic amines) is 1. The molecule has 0 aliphatic carbocycles. The number of nitrogens with one attached hydrogen (secondary N) is 1. The molecule has 2 heterocycles. The zero-order valence-electron chi connectivity index (χ0n) is 9.62. The van der Waals surface area contributed by atoms with Gasteiger partial charge < -0.3 is 16.0 Å². The number of carbonyl (C=O) groups excluding carboxylic acids is 1. The van der Waals surface area contributed by atoms with Crippen LogP contribution in [0.25, 0.3) is 0 Å². The number of rotatable bonds is 2. The summed E-state index contributed by atoms with van der Waals surface area (Å²) >= 11 is 0. The largest absolute Gasteiger partial charge is 0.339 e. The molecule has 2 fully saturated rings. The van der Waals surface area contributed by atoms with E-state index in [-0.39, 0.29) is 23.4 Å². The smallest absolute Gasteiger partial charge is 0.239 e. The Bertz CT molecular complexity index is 261. The Morgan fingerprint density at radius 1 is 1.47 bits per heavy atom. The first-order valence-corrected chi connectivity index (χ1v) is 5.83. The summed E-state index contributed by atoms with van der Waals surface area (Å²) in [7, 11) is 0. The van der Waals surface area contributed by atoms with Crippen LogP contribution in [-0.4, -0.2) is 42.0 Å². The molecule has 0 aromatic heterocycles. The Balaban J connectivity index is 1.93. The maximum atomic E-state index is 12.0. The van der Waals surface area contributed by atoms with Gasteiger partial charge in [0.05, 0.1) is 6.04 Å². The van der Waals surface area contributed by atoms with Gasteiger partial charge in [0.15, 0.2) is 0 Å². The SMILES string of the molecule is CC(C)[C@@H](N)C(=O)N1CC[C@]2(CCN2)C1. The molecule has 0 radical (unpaired) electrons. The van der Waals surface area contributed by atoms with Crippen LogP contribution in [0.2, 0.25) is 0 Å². The van der Waals surface area contributed by atoms with Crippen molar-refractivity contribution in [2.45, 2.75) is 38.3 Å². The summed E-state index contributed by atoms with van der Waals surface area (Å²) in [6.07, 6.45) is 2.29. The average molecular weight is 211 g/mol. The predicted octanol–water partition coefficient (Wildman–Crippen LogP) is -0.0659. The fourth-order valence-electron chi connectivity index (χ4n) is 2.38. The molecule has 0 aromatic carbocycles. The van der Waals surface area contributed by atoms with Gasteiger partial charge in [0.1, 0.15) is 0 Å². The molecule has 0 saturated carbocycles. The van der Waals surface area contributed by atoms with Crippen LogP contribution in [0.1, 0.15) is 26.7 Å². The zero-order valence-corrected chi connectivity index (χ0v) is 9.62. The molecule has 2 aliphatic heterocycles. The third-order valence-corrected chi connectivity index (χ3v) is 3.77. The van der Waals surface area contributed by atoms with Crippen LogP contribution in [0.15, 0.2) is 0 Å². The van der Waals surface area contributed by atoms with Gasteiger partial charge >= 0.3 is 0 Å². The van der Waals surface area contributed by atoms with Gasteiger partial charge in [0.2, 0.25) is 5.91 Å². The summed E-state index contributed by atoms with van der Waals surface area (Å²) in [4.78, 5) is 13.9. The highest BCUT2D eigenvalue weighted by Crippen LogP contribution is 2.30. The normalized spacial score (nSPS) is 32.1. The number of hydrogen-bond acceptors (Lipinski definition) is 3. The van der Waals surface area contributed by atoms with E-state index in [1.54, 1.807) is 0 Å². The molecule has 2 atom stereocenters. The van der Waals surface area contributed by atoms with Gasteiger partial charge in [-0.1, -0.05) is 13.8 Å². The average Bonchev–Trinajstić information content (AvgIpc) is 2.59. The van der Waals surface area contributed by atoms with Gasteiger partial charge in [-0.05, 0) is 25.3 Å². The van der Waals surface area contributed by atoms with Crippen molar-refractivity contribution in [3.05, 3.63) is 0 Å². The maximum Gasteiger partial charge on any atom is 0.239 e. The molecule has 0 unspecified atom stereocenters. The number of nitrogens with two attached hydrogens (primary N) is 1. The van der Waals surface area contributed by atoms with Gasteiger partial charge in [-0.25, -0.2) is 0 Å². The van der Waals surface area contributed by atoms with E-state index in [1.807, 2.05) is 18.7 Å². The molecule has 86 valence electrons. The Morgan fingerprint density at radius 2 is 2.13 bits per heavy atom. The predicted molar refractivity (Wildman–Crippen MR) is 59.4 cm³/mol. The van der Waals surface area contributed by atoms with Gasteiger partial charge in [-0.3, -0.25) is 4.79 Å². The van der Waals surface area contributed by atoms with Crippen molar-refractivity contribution in [1.29, 1.82) is 0 Å². The van der Waals surface area contributed by atoms with E-state index >= 15 is 0 Å². The third kappa shape index (κ3) is 1.88. The highest BCUT2D eigenvalue weighted by Gasteiger charge is 2.44. The highest BCUT2D eigenvalue weighted by atomic mass is 16.2. The Morgan fingerprint density at radius 3 is 2.53 bits per heavy atom. The van der Waals surface area contributed by atoms with Crippen LogP contribution in [0.3, 0.4) is 0 Å². The minimum absolute atomic E-state index is 0.121. The van der Waals surface area contributed by atoms with E-state index in [1.165, 1.54) is 6.42 Å². The second-order valence-electron chi connectivity index (χ2n) is 5.24. The highest BCUT2D eigenvalue weighted by molar-refractivity contribution is 5.82. The molecule has 2 saturated heterocycles. The Labute approximate surface area is 91.2 Å². The molecule has 1 amide bonds. The third-order valence-electron chi connectivity index (χ3n) is 3.77. The Kier molecular flexibility index (Phi) is 2.73. The number of amides is 1. The van der Waals surface area contributed by atoms with Crippen LogP contribution in [-0.2, 0) is 4.79 Å². The monoisotopic (exact) mass is 211 g/mol. The van der Waals surface area contributed by atoms with E-state index in [4.69, 9.17) is 5.73 Å². The van der Waals surface area contributed by atoms with Crippen LogP contribution < -0.4 is 11.1 Å². The zero-order chi connectivity index (χ0) is 11.1. The number of carbonyl (C=O) groups is 1. The van der Waals surface area contributed by atoms with E-state index in [9.17, 15) is 4.79 Å². The molecule has 4 nitrogen and oxygen atoms in total. The van der Waals surface area contributed by atoms with Crippen LogP contribution in [0.4, 0.5) is 0 Å². The van der Waals surface area contributed by atoms with Crippen LogP contribution in [0.5, 0.6) is 0 Å². The van der Waals surface area contributed by atoms with Crippen molar-refractivity contribution in [3.63, 3.8) is 0 Å². The quantitative estimate of drug-likeness (QED) is 0.672. The first-order valence-electron chi connectivity index (χ1n) is 5.83. The number of hydrogen-bond donors (Lipinski definition) is 2. The fourth-order valence-corrected chi connectivity index (χ4v) is 2.38. The van der Waals surface area contributed by atoms with Gasteiger partial charge in [-0.15, -0.1) is 0 Å². The summed E-state index contributed by atoms with van der Waals surface area (Å²) < 4.78 is 0. The second-order valence-corrected chi connectivity index (χ2v) is 5.24.